The molecule has 5 heteroatoms. The fourth-order valence-electron chi connectivity index (χ4n) is 3.25. The molecular formula is C22H31N5. The van der Waals surface area contributed by atoms with Gasteiger partial charge in [0.05, 0.1) is 42.7 Å². The normalized spacial score (nSPS) is 11.4. The third kappa shape index (κ3) is 10.9. The summed E-state index contributed by atoms with van der Waals surface area (Å²) in [5.41, 5.74) is -1.49. The lowest BCUT2D eigenvalue weighted by Crippen LogP contribution is -2.26. The summed E-state index contributed by atoms with van der Waals surface area (Å²) in [4.78, 5) is 0. The molecule has 0 saturated carbocycles. The molecule has 1 unspecified atom stereocenters. The molecule has 1 atom stereocenters. The zero-order chi connectivity index (χ0) is 20.2. The van der Waals surface area contributed by atoms with Crippen LogP contribution in [0.1, 0.15) is 96.3 Å². The van der Waals surface area contributed by atoms with E-state index in [0.717, 1.165) is 25.7 Å². The van der Waals surface area contributed by atoms with Gasteiger partial charge in [0.1, 0.15) is 0 Å². The summed E-state index contributed by atoms with van der Waals surface area (Å²) >= 11 is 0. The summed E-state index contributed by atoms with van der Waals surface area (Å²) in [5, 5.41) is 45.0. The maximum absolute atomic E-state index is 9.28. The van der Waals surface area contributed by atoms with Gasteiger partial charge in [-0.05, 0) is 12.8 Å². The third-order valence-electron chi connectivity index (χ3n) is 5.04. The van der Waals surface area contributed by atoms with E-state index in [2.05, 4.69) is 12.1 Å². The summed E-state index contributed by atoms with van der Waals surface area (Å²) in [7, 11) is 0. The van der Waals surface area contributed by atoms with Gasteiger partial charge in [-0.2, -0.15) is 26.3 Å². The average molecular weight is 366 g/mol. The maximum Gasteiger partial charge on any atom is 0.172 e. The molecule has 0 radical (unpaired) electrons. The first kappa shape index (κ1) is 24.5. The van der Waals surface area contributed by atoms with Crippen molar-refractivity contribution in [1.29, 1.82) is 26.3 Å². The molecule has 0 bridgehead atoms. The molecule has 0 rings (SSSR count). The number of hydrogen-bond donors (Lipinski definition) is 0. The molecule has 0 aromatic heterocycles. The highest BCUT2D eigenvalue weighted by Gasteiger charge is 2.39. The van der Waals surface area contributed by atoms with E-state index in [1.54, 1.807) is 0 Å². The molecule has 0 aliphatic heterocycles. The van der Waals surface area contributed by atoms with Gasteiger partial charge in [0.2, 0.25) is 0 Å². The van der Waals surface area contributed by atoms with Crippen molar-refractivity contribution in [2.24, 2.45) is 11.3 Å². The van der Waals surface area contributed by atoms with E-state index in [4.69, 9.17) is 10.5 Å². The summed E-state index contributed by atoms with van der Waals surface area (Å²) in [6, 6.07) is 9.90. The van der Waals surface area contributed by atoms with E-state index >= 15 is 0 Å². The Morgan fingerprint density at radius 2 is 1.00 bits per heavy atom. The molecule has 27 heavy (non-hydrogen) atoms. The Morgan fingerprint density at radius 1 is 0.556 bits per heavy atom. The fraction of sp³-hybridized carbons (Fsp3) is 0.773. The Balaban J connectivity index is 3.70. The molecule has 144 valence electrons. The van der Waals surface area contributed by atoms with Gasteiger partial charge in [-0.1, -0.05) is 70.6 Å². The van der Waals surface area contributed by atoms with Crippen molar-refractivity contribution in [2.75, 3.05) is 0 Å². The SMILES string of the molecule is N#CCCCCCCCCCCCCCCC(C#N)C(C#N)(C#N)CC#N. The van der Waals surface area contributed by atoms with Gasteiger partial charge in [0, 0.05) is 6.42 Å². The molecule has 0 saturated heterocycles. The minimum atomic E-state index is -1.49. The Hall–Kier alpha value is -2.55. The van der Waals surface area contributed by atoms with Gasteiger partial charge in [-0.15, -0.1) is 0 Å². The molecule has 0 fully saturated rings. The van der Waals surface area contributed by atoms with Crippen LogP contribution in [0.15, 0.2) is 0 Å². The van der Waals surface area contributed by atoms with Crippen molar-refractivity contribution in [3.8, 4) is 30.3 Å². The number of rotatable bonds is 16. The second-order valence-corrected chi connectivity index (χ2v) is 7.15. The highest BCUT2D eigenvalue weighted by molar-refractivity contribution is 5.23. The zero-order valence-corrected chi connectivity index (χ0v) is 16.4. The molecular weight excluding hydrogens is 334 g/mol. The van der Waals surface area contributed by atoms with Crippen LogP contribution >= 0.6 is 0 Å². The van der Waals surface area contributed by atoms with Crippen molar-refractivity contribution < 1.29 is 0 Å². The Kier molecular flexibility index (Phi) is 15.3. The Morgan fingerprint density at radius 3 is 1.37 bits per heavy atom. The van der Waals surface area contributed by atoms with Crippen molar-refractivity contribution in [1.82, 2.24) is 0 Å². The Bertz CT molecular complexity index is 577. The standard InChI is InChI=1S/C22H31N5/c23-16-13-11-9-7-5-3-1-2-4-6-8-10-12-14-21(18-25)22(19-26,20-27)15-17-24/h21H,1-15H2. The van der Waals surface area contributed by atoms with Crippen LogP contribution in [-0.2, 0) is 0 Å². The van der Waals surface area contributed by atoms with E-state index in [-0.39, 0.29) is 6.42 Å². The van der Waals surface area contributed by atoms with Gasteiger partial charge >= 0.3 is 0 Å². The second kappa shape index (κ2) is 16.9. The van der Waals surface area contributed by atoms with Crippen LogP contribution in [0.25, 0.3) is 0 Å². The number of nitriles is 5. The summed E-state index contributed by atoms with van der Waals surface area (Å²) in [6.07, 6.45) is 14.8. The van der Waals surface area contributed by atoms with Crippen LogP contribution in [-0.4, -0.2) is 0 Å². The lowest BCUT2D eigenvalue weighted by atomic mass is 9.74. The fourth-order valence-corrected chi connectivity index (χ4v) is 3.25. The predicted molar refractivity (Wildman–Crippen MR) is 103 cm³/mol. The van der Waals surface area contributed by atoms with Crippen LogP contribution in [0.5, 0.6) is 0 Å². The molecule has 0 amide bonds. The lowest BCUT2D eigenvalue weighted by molar-refractivity contribution is 0.360. The van der Waals surface area contributed by atoms with Gasteiger partial charge in [0.25, 0.3) is 0 Å². The first-order valence-electron chi connectivity index (χ1n) is 10.2. The first-order chi connectivity index (χ1) is 13.2. The van der Waals surface area contributed by atoms with Crippen LogP contribution in [0.4, 0.5) is 0 Å². The van der Waals surface area contributed by atoms with Crippen molar-refractivity contribution >= 4 is 0 Å². The van der Waals surface area contributed by atoms with Gasteiger partial charge in [-0.3, -0.25) is 0 Å². The number of hydrogen-bond acceptors (Lipinski definition) is 5. The molecule has 0 aliphatic carbocycles. The van der Waals surface area contributed by atoms with Crippen molar-refractivity contribution in [3.05, 3.63) is 0 Å². The first-order valence-corrected chi connectivity index (χ1v) is 10.2. The zero-order valence-electron chi connectivity index (χ0n) is 16.4. The quantitative estimate of drug-likeness (QED) is 0.308. The molecule has 0 N–H and O–H groups in total. The average Bonchev–Trinajstić information content (AvgIpc) is 2.69. The van der Waals surface area contributed by atoms with E-state index in [1.807, 2.05) is 18.2 Å². The predicted octanol–water partition coefficient (Wildman–Crippen LogP) is 6.06. The van der Waals surface area contributed by atoms with Crippen LogP contribution in [0.2, 0.25) is 0 Å². The topological polar surface area (TPSA) is 119 Å². The maximum atomic E-state index is 9.28. The minimum Gasteiger partial charge on any atom is -0.198 e. The van der Waals surface area contributed by atoms with Gasteiger partial charge in [0.15, 0.2) is 5.41 Å². The molecule has 0 aromatic carbocycles. The molecule has 0 heterocycles. The van der Waals surface area contributed by atoms with Gasteiger partial charge < -0.3 is 0 Å². The number of nitrogens with zero attached hydrogens (tertiary/aromatic N) is 5. The van der Waals surface area contributed by atoms with Crippen molar-refractivity contribution in [2.45, 2.75) is 96.3 Å². The number of unbranched alkanes of at least 4 members (excludes halogenated alkanes) is 12. The van der Waals surface area contributed by atoms with Crippen molar-refractivity contribution in [3.63, 3.8) is 0 Å². The lowest BCUT2D eigenvalue weighted by Gasteiger charge is -2.20. The molecule has 0 aliphatic rings. The molecule has 0 spiro atoms. The smallest absolute Gasteiger partial charge is 0.172 e. The molecule has 5 nitrogen and oxygen atoms in total. The van der Waals surface area contributed by atoms with Crippen LogP contribution in [0, 0.1) is 68.0 Å². The largest absolute Gasteiger partial charge is 0.198 e. The summed E-state index contributed by atoms with van der Waals surface area (Å²) < 4.78 is 0. The van der Waals surface area contributed by atoms with E-state index in [1.165, 1.54) is 51.4 Å². The van der Waals surface area contributed by atoms with Crippen LogP contribution in [0.3, 0.4) is 0 Å². The third-order valence-corrected chi connectivity index (χ3v) is 5.04. The highest BCUT2D eigenvalue weighted by Crippen LogP contribution is 2.33. The Labute approximate surface area is 164 Å². The second-order valence-electron chi connectivity index (χ2n) is 7.15. The minimum absolute atomic E-state index is 0.212. The molecule has 0 aromatic rings. The van der Waals surface area contributed by atoms with E-state index in [9.17, 15) is 15.8 Å². The van der Waals surface area contributed by atoms with Crippen LogP contribution < -0.4 is 0 Å². The highest BCUT2D eigenvalue weighted by atomic mass is 14.5. The van der Waals surface area contributed by atoms with E-state index < -0.39 is 11.3 Å². The van der Waals surface area contributed by atoms with Gasteiger partial charge in [-0.25, -0.2) is 0 Å². The summed E-state index contributed by atoms with van der Waals surface area (Å²) in [6.45, 7) is 0. The monoisotopic (exact) mass is 365 g/mol. The summed E-state index contributed by atoms with van der Waals surface area (Å²) in [5.74, 6) is -0.694. The van der Waals surface area contributed by atoms with E-state index in [0.29, 0.717) is 12.8 Å².